The van der Waals surface area contributed by atoms with Crippen LogP contribution < -0.4 is 10.3 Å². The largest absolute Gasteiger partial charge is 0.573 e. The molecule has 2 N–H and O–H groups in total. The number of aromatic amines is 1. The molecule has 3 rings (SSSR count). The summed E-state index contributed by atoms with van der Waals surface area (Å²) in [6.45, 7) is 3.06. The Morgan fingerprint density at radius 3 is 2.52 bits per heavy atom. The monoisotopic (exact) mass is 382 g/mol. The Morgan fingerprint density at radius 2 is 1.96 bits per heavy atom. The van der Waals surface area contributed by atoms with E-state index in [2.05, 4.69) is 19.8 Å². The van der Waals surface area contributed by atoms with Gasteiger partial charge in [0.05, 0.1) is 12.6 Å². The molecular formula is C17H17F3N4O3. The molecule has 0 radical (unpaired) electrons. The van der Waals surface area contributed by atoms with Gasteiger partial charge in [0.1, 0.15) is 22.7 Å². The van der Waals surface area contributed by atoms with Crippen LogP contribution in [-0.2, 0) is 6.61 Å². The van der Waals surface area contributed by atoms with Crippen LogP contribution in [0.4, 0.5) is 13.2 Å². The fraction of sp³-hybridized carbons (Fsp3) is 0.353. The summed E-state index contributed by atoms with van der Waals surface area (Å²) in [5, 5.41) is 14.0. The molecule has 0 aliphatic rings. The Labute approximate surface area is 151 Å². The fourth-order valence-electron chi connectivity index (χ4n) is 2.99. The van der Waals surface area contributed by atoms with Crippen molar-refractivity contribution in [3.05, 3.63) is 51.7 Å². The van der Waals surface area contributed by atoms with Gasteiger partial charge in [-0.05, 0) is 31.0 Å². The van der Waals surface area contributed by atoms with Gasteiger partial charge in [0.25, 0.3) is 5.56 Å². The number of ether oxygens (including phenoxy) is 1. The van der Waals surface area contributed by atoms with E-state index in [4.69, 9.17) is 0 Å². The SMILES string of the molecule is CCC(c1ccc(OC(F)(F)F)cc1)n1nc(CO)c2c(=O)[nH]c(C)nc21. The number of H-pyrrole nitrogens is 1. The summed E-state index contributed by atoms with van der Waals surface area (Å²) in [5.41, 5.74) is 0.759. The number of aromatic nitrogens is 4. The van der Waals surface area contributed by atoms with Crippen molar-refractivity contribution in [1.82, 2.24) is 19.7 Å². The standard InChI is InChI=1S/C17H17F3N4O3/c1-3-13(10-4-6-11(7-5-10)27-17(18,19)20)24-15-14(12(8-25)23-24)16(26)22-9(2)21-15/h4-7,13,25H,3,8H2,1-2H3,(H,21,22,26). The van der Waals surface area contributed by atoms with Crippen LogP contribution in [0.25, 0.3) is 11.0 Å². The van der Waals surface area contributed by atoms with Gasteiger partial charge in [0.2, 0.25) is 0 Å². The molecule has 3 aromatic rings. The van der Waals surface area contributed by atoms with E-state index in [1.165, 1.54) is 28.9 Å². The maximum absolute atomic E-state index is 12.3. The number of hydrogen-bond acceptors (Lipinski definition) is 5. The van der Waals surface area contributed by atoms with E-state index >= 15 is 0 Å². The van der Waals surface area contributed by atoms with Gasteiger partial charge in [0.15, 0.2) is 5.65 Å². The van der Waals surface area contributed by atoms with Gasteiger partial charge in [-0.1, -0.05) is 19.1 Å². The van der Waals surface area contributed by atoms with Gasteiger partial charge in [-0.2, -0.15) is 5.10 Å². The maximum Gasteiger partial charge on any atom is 0.573 e. The van der Waals surface area contributed by atoms with E-state index in [-0.39, 0.29) is 22.9 Å². The van der Waals surface area contributed by atoms with Crippen LogP contribution in [0.1, 0.15) is 36.5 Å². The first-order valence-electron chi connectivity index (χ1n) is 8.18. The molecule has 7 nitrogen and oxygen atoms in total. The third-order valence-corrected chi connectivity index (χ3v) is 4.08. The minimum absolute atomic E-state index is 0.189. The van der Waals surface area contributed by atoms with E-state index < -0.39 is 18.5 Å². The highest BCUT2D eigenvalue weighted by Crippen LogP contribution is 2.29. The topological polar surface area (TPSA) is 93.0 Å². The zero-order valence-electron chi connectivity index (χ0n) is 14.5. The molecule has 1 unspecified atom stereocenters. The van der Waals surface area contributed by atoms with E-state index in [0.717, 1.165) is 0 Å². The lowest BCUT2D eigenvalue weighted by atomic mass is 10.0. The van der Waals surface area contributed by atoms with Crippen LogP contribution in [-0.4, -0.2) is 31.2 Å². The lowest BCUT2D eigenvalue weighted by molar-refractivity contribution is -0.274. The lowest BCUT2D eigenvalue weighted by Gasteiger charge is -2.17. The van der Waals surface area contributed by atoms with Crippen molar-refractivity contribution < 1.29 is 23.0 Å². The number of benzene rings is 1. The fourth-order valence-corrected chi connectivity index (χ4v) is 2.99. The van der Waals surface area contributed by atoms with Crippen LogP contribution in [0.5, 0.6) is 5.75 Å². The summed E-state index contributed by atoms with van der Waals surface area (Å²) in [4.78, 5) is 19.1. The van der Waals surface area contributed by atoms with Crippen LogP contribution in [0.3, 0.4) is 0 Å². The van der Waals surface area contributed by atoms with Crippen molar-refractivity contribution in [2.45, 2.75) is 39.3 Å². The van der Waals surface area contributed by atoms with Crippen molar-refractivity contribution in [2.24, 2.45) is 0 Å². The number of aliphatic hydroxyl groups excluding tert-OH is 1. The Morgan fingerprint density at radius 1 is 1.30 bits per heavy atom. The molecule has 0 fully saturated rings. The van der Waals surface area contributed by atoms with E-state index in [9.17, 15) is 23.1 Å². The Hall–Kier alpha value is -2.88. The first-order chi connectivity index (χ1) is 12.7. The first kappa shape index (κ1) is 18.9. The quantitative estimate of drug-likeness (QED) is 0.708. The number of fused-ring (bicyclic) bond motifs is 1. The molecular weight excluding hydrogens is 365 g/mol. The minimum Gasteiger partial charge on any atom is -0.406 e. The number of alkyl halides is 3. The third kappa shape index (κ3) is 3.80. The highest BCUT2D eigenvalue weighted by atomic mass is 19.4. The Bertz CT molecular complexity index is 1010. The van der Waals surface area contributed by atoms with Crippen molar-refractivity contribution in [1.29, 1.82) is 0 Å². The van der Waals surface area contributed by atoms with E-state index in [1.807, 2.05) is 6.92 Å². The van der Waals surface area contributed by atoms with Crippen molar-refractivity contribution in [3.8, 4) is 5.75 Å². The van der Waals surface area contributed by atoms with Gasteiger partial charge >= 0.3 is 6.36 Å². The van der Waals surface area contributed by atoms with E-state index in [1.54, 1.807) is 6.92 Å². The number of rotatable bonds is 5. The smallest absolute Gasteiger partial charge is 0.406 e. The molecule has 0 amide bonds. The first-order valence-corrected chi connectivity index (χ1v) is 8.18. The van der Waals surface area contributed by atoms with Gasteiger partial charge < -0.3 is 14.8 Å². The number of nitrogens with zero attached hydrogens (tertiary/aromatic N) is 3. The summed E-state index contributed by atoms with van der Waals surface area (Å²) in [6.07, 6.45) is -4.23. The number of aliphatic hydroxyl groups is 1. The van der Waals surface area contributed by atoms with Crippen LogP contribution in [0.15, 0.2) is 29.1 Å². The van der Waals surface area contributed by atoms with Crippen molar-refractivity contribution in [3.63, 3.8) is 0 Å². The Balaban J connectivity index is 2.07. The predicted octanol–water partition coefficient (Wildman–Crippen LogP) is 2.82. The summed E-state index contributed by atoms with van der Waals surface area (Å²) in [7, 11) is 0. The molecule has 27 heavy (non-hydrogen) atoms. The number of aryl methyl sites for hydroxylation is 1. The molecule has 2 aromatic heterocycles. The summed E-state index contributed by atoms with van der Waals surface area (Å²) < 4.78 is 42.4. The number of halogens is 3. The molecule has 1 aromatic carbocycles. The second kappa shape index (κ2) is 7.03. The van der Waals surface area contributed by atoms with Gasteiger partial charge in [-0.15, -0.1) is 13.2 Å². The molecule has 0 saturated carbocycles. The molecule has 0 aliphatic heterocycles. The molecule has 144 valence electrons. The van der Waals surface area contributed by atoms with Gasteiger partial charge in [0, 0.05) is 0 Å². The van der Waals surface area contributed by atoms with Crippen molar-refractivity contribution in [2.75, 3.05) is 0 Å². The molecule has 0 bridgehead atoms. The Kier molecular flexibility index (Phi) is 4.92. The zero-order chi connectivity index (χ0) is 19.8. The molecule has 2 heterocycles. The minimum atomic E-state index is -4.76. The molecule has 0 aliphatic carbocycles. The third-order valence-electron chi connectivity index (χ3n) is 4.08. The average molecular weight is 382 g/mol. The van der Waals surface area contributed by atoms with Crippen molar-refractivity contribution >= 4 is 11.0 Å². The second-order valence-corrected chi connectivity index (χ2v) is 5.94. The summed E-state index contributed by atoms with van der Waals surface area (Å²) in [5.74, 6) is 0.0646. The molecule has 10 heteroatoms. The van der Waals surface area contributed by atoms with Gasteiger partial charge in [-0.25, -0.2) is 9.67 Å². The molecule has 1 atom stereocenters. The molecule has 0 saturated heterocycles. The second-order valence-electron chi connectivity index (χ2n) is 5.94. The molecule has 0 spiro atoms. The summed E-state index contributed by atoms with van der Waals surface area (Å²) in [6, 6.07) is 5.05. The number of hydrogen-bond donors (Lipinski definition) is 2. The zero-order valence-corrected chi connectivity index (χ0v) is 14.5. The van der Waals surface area contributed by atoms with Crippen LogP contribution in [0, 0.1) is 6.92 Å². The normalized spacial score (nSPS) is 13.1. The summed E-state index contributed by atoms with van der Waals surface area (Å²) >= 11 is 0. The average Bonchev–Trinajstić information content (AvgIpc) is 2.94. The van der Waals surface area contributed by atoms with Crippen LogP contribution >= 0.6 is 0 Å². The van der Waals surface area contributed by atoms with Gasteiger partial charge in [-0.3, -0.25) is 4.79 Å². The highest BCUT2D eigenvalue weighted by Gasteiger charge is 2.31. The number of nitrogens with one attached hydrogen (secondary N) is 1. The predicted molar refractivity (Wildman–Crippen MR) is 90.4 cm³/mol. The lowest BCUT2D eigenvalue weighted by Crippen LogP contribution is -2.17. The van der Waals surface area contributed by atoms with Crippen LogP contribution in [0.2, 0.25) is 0 Å². The van der Waals surface area contributed by atoms with E-state index in [0.29, 0.717) is 23.5 Å². The highest BCUT2D eigenvalue weighted by molar-refractivity contribution is 5.77. The maximum atomic E-state index is 12.3.